The topological polar surface area (TPSA) is 100 Å². The number of nitro groups is 1. The second-order valence-electron chi connectivity index (χ2n) is 7.40. The molecule has 11 heteroatoms. The Hall–Kier alpha value is -3.15. The molecule has 1 aliphatic rings. The Balaban J connectivity index is 1.63. The normalized spacial score (nSPS) is 13.9. The molecule has 0 N–H and O–H groups in total. The lowest BCUT2D eigenvalue weighted by molar-refractivity contribution is -0.384. The molecule has 1 aliphatic heterocycles. The highest BCUT2D eigenvalue weighted by molar-refractivity contribution is 14.1. The van der Waals surface area contributed by atoms with Crippen LogP contribution in [0.1, 0.15) is 23.6 Å². The third-order valence-electron chi connectivity index (χ3n) is 4.98. The molecule has 0 aromatic heterocycles. The van der Waals surface area contributed by atoms with Gasteiger partial charge in [-0.05, 0) is 65.4 Å². The number of carbonyl (C=O) groups excluding carboxylic acids is 1. The number of carbonyl (C=O) groups is 1. The molecule has 0 atom stereocenters. The molecule has 0 radical (unpaired) electrons. The number of rotatable bonds is 8. The van der Waals surface area contributed by atoms with Crippen molar-refractivity contribution in [2.45, 2.75) is 13.5 Å². The zero-order chi connectivity index (χ0) is 25.8. The molecule has 0 fully saturated rings. The third kappa shape index (κ3) is 5.80. The molecule has 184 valence electrons. The van der Waals surface area contributed by atoms with Gasteiger partial charge < -0.3 is 14.2 Å². The summed E-state index contributed by atoms with van der Waals surface area (Å²) in [6.45, 7) is 2.51. The van der Waals surface area contributed by atoms with Crippen molar-refractivity contribution < 1.29 is 23.9 Å². The Morgan fingerprint density at radius 1 is 1.11 bits per heavy atom. The van der Waals surface area contributed by atoms with Gasteiger partial charge in [-0.1, -0.05) is 41.4 Å². The maximum atomic E-state index is 12.5. The molecule has 1 heterocycles. The van der Waals surface area contributed by atoms with Crippen LogP contribution >= 0.6 is 45.8 Å². The van der Waals surface area contributed by atoms with Crippen LogP contribution < -0.4 is 9.47 Å². The van der Waals surface area contributed by atoms with Gasteiger partial charge in [0, 0.05) is 21.3 Å². The summed E-state index contributed by atoms with van der Waals surface area (Å²) in [4.78, 5) is 27.0. The molecule has 4 rings (SSSR count). The van der Waals surface area contributed by atoms with E-state index in [4.69, 9.17) is 37.4 Å². The van der Waals surface area contributed by atoms with E-state index in [-0.39, 0.29) is 27.9 Å². The van der Waals surface area contributed by atoms with Gasteiger partial charge in [0.15, 0.2) is 17.2 Å². The first-order chi connectivity index (χ1) is 17.3. The lowest BCUT2D eigenvalue weighted by Gasteiger charge is -2.15. The molecule has 3 aromatic carbocycles. The largest absolute Gasteiger partial charge is 0.490 e. The summed E-state index contributed by atoms with van der Waals surface area (Å²) < 4.78 is 18.0. The second-order valence-corrected chi connectivity index (χ2v) is 9.38. The van der Waals surface area contributed by atoms with Crippen molar-refractivity contribution in [2.24, 2.45) is 4.99 Å². The van der Waals surface area contributed by atoms with Gasteiger partial charge in [-0.3, -0.25) is 10.1 Å². The number of non-ortho nitro benzene ring substituents is 1. The number of hydrogen-bond donors (Lipinski definition) is 0. The van der Waals surface area contributed by atoms with Crippen molar-refractivity contribution in [3.63, 3.8) is 0 Å². The Morgan fingerprint density at radius 3 is 2.58 bits per heavy atom. The Morgan fingerprint density at radius 2 is 1.89 bits per heavy atom. The number of ether oxygens (including phenoxy) is 3. The molecule has 0 saturated carbocycles. The fourth-order valence-corrected chi connectivity index (χ4v) is 4.39. The van der Waals surface area contributed by atoms with E-state index in [2.05, 4.69) is 27.6 Å². The monoisotopic (exact) mass is 638 g/mol. The number of nitrogens with zero attached hydrogens (tertiary/aromatic N) is 2. The van der Waals surface area contributed by atoms with Gasteiger partial charge >= 0.3 is 5.97 Å². The maximum Gasteiger partial charge on any atom is 0.363 e. The Kier molecular flexibility index (Phi) is 8.12. The van der Waals surface area contributed by atoms with Gasteiger partial charge in [0.2, 0.25) is 5.90 Å². The summed E-state index contributed by atoms with van der Waals surface area (Å²) in [6.07, 6.45) is 1.49. The molecule has 8 nitrogen and oxygen atoms in total. The van der Waals surface area contributed by atoms with Crippen molar-refractivity contribution in [1.29, 1.82) is 0 Å². The number of nitro benzene ring substituents is 1. The standard InChI is InChI=1S/C25H17Cl2IN2O6/c1-2-34-22-11-14(9-19(27)23(22)35-13-15-5-3-4-6-20(15)28)10-21-25(31)36-24(29-21)17-8-7-16(30(32)33)12-18(17)26/h3-12H,2,13H2,1H3/b21-10-. The van der Waals surface area contributed by atoms with E-state index in [0.717, 1.165) is 15.2 Å². The van der Waals surface area contributed by atoms with Crippen LogP contribution in [0.4, 0.5) is 5.69 Å². The highest BCUT2D eigenvalue weighted by atomic mass is 127. The third-order valence-corrected chi connectivity index (χ3v) is 6.63. The van der Waals surface area contributed by atoms with Gasteiger partial charge in [-0.2, -0.15) is 0 Å². The average molecular weight is 639 g/mol. The van der Waals surface area contributed by atoms with Crippen LogP contribution in [0.5, 0.6) is 11.5 Å². The summed E-state index contributed by atoms with van der Waals surface area (Å²) in [6, 6.07) is 14.9. The van der Waals surface area contributed by atoms with E-state index in [9.17, 15) is 14.9 Å². The van der Waals surface area contributed by atoms with E-state index in [1.54, 1.807) is 12.1 Å². The molecule has 0 saturated heterocycles. The minimum Gasteiger partial charge on any atom is -0.490 e. The molecule has 0 amide bonds. The lowest BCUT2D eigenvalue weighted by Crippen LogP contribution is -2.06. The van der Waals surface area contributed by atoms with E-state index in [1.807, 2.05) is 31.2 Å². The molecule has 36 heavy (non-hydrogen) atoms. The molecule has 3 aromatic rings. The highest BCUT2D eigenvalue weighted by Gasteiger charge is 2.27. The first-order valence-electron chi connectivity index (χ1n) is 10.6. The van der Waals surface area contributed by atoms with E-state index >= 15 is 0 Å². The summed E-state index contributed by atoms with van der Waals surface area (Å²) >= 11 is 14.9. The second kappa shape index (κ2) is 11.3. The quantitative estimate of drug-likeness (QED) is 0.0882. The van der Waals surface area contributed by atoms with Gasteiger partial charge in [0.1, 0.15) is 6.61 Å². The molecule has 0 unspecified atom stereocenters. The SMILES string of the molecule is CCOc1cc(/C=C2\N=C(c3ccc([N+](=O)[O-])cc3Cl)OC2=O)cc(Cl)c1OCc1ccccc1I. The predicted molar refractivity (Wildman–Crippen MR) is 145 cm³/mol. The maximum absolute atomic E-state index is 12.5. The summed E-state index contributed by atoms with van der Waals surface area (Å²) in [5.41, 5.74) is 1.61. The first-order valence-corrected chi connectivity index (χ1v) is 12.4. The Labute approximate surface area is 229 Å². The lowest BCUT2D eigenvalue weighted by atomic mass is 10.1. The van der Waals surface area contributed by atoms with Crippen molar-refractivity contribution >= 4 is 69.4 Å². The van der Waals surface area contributed by atoms with Gasteiger partial charge in [-0.25, -0.2) is 9.79 Å². The van der Waals surface area contributed by atoms with E-state index in [0.29, 0.717) is 35.3 Å². The molecule has 0 aliphatic carbocycles. The number of cyclic esters (lactones) is 1. The number of hydrogen-bond acceptors (Lipinski definition) is 7. The van der Waals surface area contributed by atoms with Crippen LogP contribution in [0, 0.1) is 13.7 Å². The van der Waals surface area contributed by atoms with Gasteiger partial charge in [0.25, 0.3) is 5.69 Å². The van der Waals surface area contributed by atoms with Crippen molar-refractivity contribution in [3.05, 3.63) is 101 Å². The van der Waals surface area contributed by atoms with Crippen LogP contribution in [0.2, 0.25) is 10.0 Å². The number of aliphatic imine (C=N–C) groups is 1. The number of benzene rings is 3. The summed E-state index contributed by atoms with van der Waals surface area (Å²) in [5.74, 6) is 0.0418. The van der Waals surface area contributed by atoms with E-state index in [1.165, 1.54) is 18.2 Å². The fourth-order valence-electron chi connectivity index (χ4n) is 3.31. The molecule has 0 spiro atoms. The summed E-state index contributed by atoms with van der Waals surface area (Å²) in [7, 11) is 0. The first kappa shape index (κ1) is 25.9. The minimum absolute atomic E-state index is 0.00504. The number of halogens is 3. The predicted octanol–water partition coefficient (Wildman–Crippen LogP) is 6.83. The van der Waals surface area contributed by atoms with Crippen molar-refractivity contribution in [2.75, 3.05) is 6.61 Å². The smallest absolute Gasteiger partial charge is 0.363 e. The van der Waals surface area contributed by atoms with Crippen LogP contribution in [0.15, 0.2) is 65.3 Å². The fraction of sp³-hybridized carbons (Fsp3) is 0.120. The molecule has 0 bridgehead atoms. The number of esters is 1. The molecular formula is C25H17Cl2IN2O6. The summed E-state index contributed by atoms with van der Waals surface area (Å²) in [5, 5.41) is 11.3. The van der Waals surface area contributed by atoms with Crippen LogP contribution in [0.3, 0.4) is 0 Å². The van der Waals surface area contributed by atoms with Gasteiger partial charge in [-0.15, -0.1) is 0 Å². The average Bonchev–Trinajstić information content (AvgIpc) is 3.19. The Bertz CT molecular complexity index is 1420. The zero-order valence-electron chi connectivity index (χ0n) is 18.7. The zero-order valence-corrected chi connectivity index (χ0v) is 22.3. The molecular weight excluding hydrogens is 622 g/mol. The van der Waals surface area contributed by atoms with Crippen LogP contribution in [-0.2, 0) is 16.1 Å². The van der Waals surface area contributed by atoms with Crippen LogP contribution in [0.25, 0.3) is 6.08 Å². The van der Waals surface area contributed by atoms with Crippen molar-refractivity contribution in [1.82, 2.24) is 0 Å². The highest BCUT2D eigenvalue weighted by Crippen LogP contribution is 2.38. The van der Waals surface area contributed by atoms with E-state index < -0.39 is 10.9 Å². The minimum atomic E-state index is -0.701. The van der Waals surface area contributed by atoms with Crippen molar-refractivity contribution in [3.8, 4) is 11.5 Å². The van der Waals surface area contributed by atoms with Gasteiger partial charge in [0.05, 0.1) is 27.1 Å². The van der Waals surface area contributed by atoms with Crippen LogP contribution in [-0.4, -0.2) is 23.4 Å².